The Morgan fingerprint density at radius 2 is 1.81 bits per heavy atom. The number of halogens is 1. The summed E-state index contributed by atoms with van der Waals surface area (Å²) in [5.74, 6) is -1.90. The van der Waals surface area contributed by atoms with Gasteiger partial charge in [-0.05, 0) is 64.0 Å². The number of benzene rings is 3. The third kappa shape index (κ3) is 5.44. The molecule has 10 heteroatoms. The molecule has 0 aliphatic carbocycles. The van der Waals surface area contributed by atoms with Gasteiger partial charge in [-0.15, -0.1) is 0 Å². The molecule has 0 aliphatic heterocycles. The zero-order valence-electron chi connectivity index (χ0n) is 19.0. The average Bonchev–Trinajstić information content (AvgIpc) is 3.17. The van der Waals surface area contributed by atoms with Crippen LogP contribution in [0.1, 0.15) is 32.1 Å². The van der Waals surface area contributed by atoms with Crippen LogP contribution < -0.4 is 10.6 Å². The van der Waals surface area contributed by atoms with Crippen LogP contribution in [0.25, 0.3) is 17.1 Å². The lowest BCUT2D eigenvalue weighted by atomic mass is 10.1. The third-order valence-corrected chi connectivity index (χ3v) is 6.07. The first kappa shape index (κ1) is 24.7. The molecule has 1 heterocycles. The van der Waals surface area contributed by atoms with Crippen molar-refractivity contribution >= 4 is 50.8 Å². The Morgan fingerprint density at radius 1 is 1.03 bits per heavy atom. The van der Waals surface area contributed by atoms with Crippen molar-refractivity contribution in [2.45, 2.75) is 6.54 Å². The molecule has 0 bridgehead atoms. The number of hydrogen-bond donors (Lipinski definition) is 4. The summed E-state index contributed by atoms with van der Waals surface area (Å²) in [4.78, 5) is 41.6. The van der Waals surface area contributed by atoms with E-state index in [0.717, 1.165) is 11.1 Å². The van der Waals surface area contributed by atoms with Crippen molar-refractivity contribution in [2.24, 2.45) is 7.05 Å². The molecule has 1 aromatic heterocycles. The van der Waals surface area contributed by atoms with E-state index in [9.17, 15) is 24.6 Å². The second-order valence-corrected chi connectivity index (χ2v) is 8.74. The van der Waals surface area contributed by atoms with Crippen molar-refractivity contribution in [3.8, 4) is 5.75 Å². The summed E-state index contributed by atoms with van der Waals surface area (Å²) in [6.45, 7) is 0.210. The molecule has 0 saturated heterocycles. The van der Waals surface area contributed by atoms with E-state index < -0.39 is 11.9 Å². The number of nitrogens with zero attached hydrogens (tertiary/aromatic N) is 2. The van der Waals surface area contributed by atoms with E-state index in [2.05, 4.69) is 31.5 Å². The number of aliphatic carboxylic acids is 1. The zero-order chi connectivity index (χ0) is 25.8. The summed E-state index contributed by atoms with van der Waals surface area (Å²) in [6, 6.07) is 18.2. The molecule has 2 amide bonds. The van der Waals surface area contributed by atoms with Gasteiger partial charge in [-0.1, -0.05) is 24.3 Å². The Bertz CT molecular complexity index is 1530. The molecule has 4 aromatic rings. The second kappa shape index (κ2) is 10.4. The highest BCUT2D eigenvalue weighted by Crippen LogP contribution is 2.20. The van der Waals surface area contributed by atoms with Gasteiger partial charge in [0.15, 0.2) is 0 Å². The van der Waals surface area contributed by atoms with E-state index in [1.165, 1.54) is 30.3 Å². The van der Waals surface area contributed by atoms with Crippen LogP contribution in [-0.4, -0.2) is 37.5 Å². The predicted octanol–water partition coefficient (Wildman–Crippen LogP) is 3.83. The fourth-order valence-corrected chi connectivity index (χ4v) is 4.11. The lowest BCUT2D eigenvalue weighted by Crippen LogP contribution is -2.28. The fraction of sp³-hybridized carbons (Fsp3) is 0.0769. The molecular formula is C26H21BrN4O5. The number of phenolic OH excluding ortho intramolecular Hbond substituents is 1. The Balaban J connectivity index is 1.49. The van der Waals surface area contributed by atoms with Crippen LogP contribution >= 0.6 is 15.9 Å². The normalized spacial score (nSPS) is 11.3. The van der Waals surface area contributed by atoms with Gasteiger partial charge in [0.1, 0.15) is 17.3 Å². The van der Waals surface area contributed by atoms with Crippen LogP contribution in [0, 0.1) is 0 Å². The molecule has 0 radical (unpaired) electrons. The number of carbonyl (C=O) groups is 3. The maximum absolute atomic E-state index is 12.9. The van der Waals surface area contributed by atoms with Crippen LogP contribution in [0.15, 0.2) is 76.9 Å². The lowest BCUT2D eigenvalue weighted by molar-refractivity contribution is -0.132. The number of fused-ring (bicyclic) bond motifs is 1. The van der Waals surface area contributed by atoms with E-state index >= 15 is 0 Å². The number of carboxylic acids is 1. The van der Waals surface area contributed by atoms with Crippen LogP contribution in [0.5, 0.6) is 5.75 Å². The number of aromatic hydroxyl groups is 1. The van der Waals surface area contributed by atoms with Crippen LogP contribution in [-0.2, 0) is 18.4 Å². The minimum absolute atomic E-state index is 0.103. The quantitative estimate of drug-likeness (QED) is 0.259. The van der Waals surface area contributed by atoms with Gasteiger partial charge in [-0.2, -0.15) is 0 Å². The monoisotopic (exact) mass is 548 g/mol. The summed E-state index contributed by atoms with van der Waals surface area (Å²) >= 11 is 3.29. The second-order valence-electron chi connectivity index (χ2n) is 7.88. The number of imidazole rings is 1. The SMILES string of the molecule is Cn1c(/C=C(/NC(=O)c2ccc(C(=O)NCc3cccc(O)c3)cc2Br)C(=O)O)nc2ccccc21. The highest BCUT2D eigenvalue weighted by Gasteiger charge is 2.18. The minimum atomic E-state index is -1.32. The van der Waals surface area contributed by atoms with Gasteiger partial charge in [0.2, 0.25) is 0 Å². The van der Waals surface area contributed by atoms with Crippen LogP contribution in [0.3, 0.4) is 0 Å². The van der Waals surface area contributed by atoms with E-state index in [0.29, 0.717) is 21.4 Å². The van der Waals surface area contributed by atoms with Gasteiger partial charge in [0.05, 0.1) is 16.6 Å². The van der Waals surface area contributed by atoms with Crippen LogP contribution in [0.2, 0.25) is 0 Å². The number of para-hydroxylation sites is 2. The van der Waals surface area contributed by atoms with Gasteiger partial charge < -0.3 is 25.4 Å². The van der Waals surface area contributed by atoms with Crippen molar-refractivity contribution in [2.75, 3.05) is 0 Å². The Kier molecular flexibility index (Phi) is 7.16. The number of aryl methyl sites for hydroxylation is 1. The summed E-state index contributed by atoms with van der Waals surface area (Å²) in [7, 11) is 1.75. The molecule has 0 spiro atoms. The molecule has 4 N–H and O–H groups in total. The molecule has 0 atom stereocenters. The maximum Gasteiger partial charge on any atom is 0.352 e. The highest BCUT2D eigenvalue weighted by atomic mass is 79.9. The number of aromatic nitrogens is 2. The summed E-state index contributed by atoms with van der Waals surface area (Å²) in [6.07, 6.45) is 1.29. The van der Waals surface area contributed by atoms with Gasteiger partial charge in [0.25, 0.3) is 11.8 Å². The molecule has 0 aliphatic rings. The van der Waals surface area contributed by atoms with Crippen molar-refractivity contribution in [1.29, 1.82) is 0 Å². The van der Waals surface area contributed by atoms with E-state index in [4.69, 9.17) is 0 Å². The van der Waals surface area contributed by atoms with Crippen molar-refractivity contribution in [3.63, 3.8) is 0 Å². The van der Waals surface area contributed by atoms with Crippen molar-refractivity contribution in [3.05, 3.63) is 99.4 Å². The maximum atomic E-state index is 12.9. The van der Waals surface area contributed by atoms with Crippen LogP contribution in [0.4, 0.5) is 0 Å². The Labute approximate surface area is 214 Å². The number of hydrogen-bond acceptors (Lipinski definition) is 5. The van der Waals surface area contributed by atoms with Crippen molar-refractivity contribution < 1.29 is 24.6 Å². The predicted molar refractivity (Wildman–Crippen MR) is 137 cm³/mol. The Hall–Kier alpha value is -4.44. The van der Waals surface area contributed by atoms with Gasteiger partial charge in [0, 0.05) is 29.7 Å². The number of carbonyl (C=O) groups excluding carboxylic acids is 2. The standard InChI is InChI=1S/C26H21BrN4O5/c1-31-22-8-3-2-7-20(22)29-23(31)13-21(26(35)36)30-25(34)18-10-9-16(12-19(18)27)24(33)28-14-15-5-4-6-17(32)11-15/h2-13,32H,14H2,1H3,(H,28,33)(H,30,34)(H,35,36)/b21-13+. The number of rotatable bonds is 7. The molecule has 3 aromatic carbocycles. The molecule has 36 heavy (non-hydrogen) atoms. The smallest absolute Gasteiger partial charge is 0.352 e. The van der Waals surface area contributed by atoms with Crippen molar-refractivity contribution in [1.82, 2.24) is 20.2 Å². The molecule has 0 fully saturated rings. The summed E-state index contributed by atoms with van der Waals surface area (Å²) in [5.41, 5.74) is 2.35. The third-order valence-electron chi connectivity index (χ3n) is 5.41. The number of nitrogens with one attached hydrogen (secondary N) is 2. The fourth-order valence-electron chi connectivity index (χ4n) is 3.55. The zero-order valence-corrected chi connectivity index (χ0v) is 20.6. The lowest BCUT2D eigenvalue weighted by Gasteiger charge is -2.10. The summed E-state index contributed by atoms with van der Waals surface area (Å²) < 4.78 is 2.04. The van der Waals surface area contributed by atoms with Gasteiger partial charge in [-0.25, -0.2) is 9.78 Å². The average molecular weight is 549 g/mol. The van der Waals surface area contributed by atoms with E-state index in [1.807, 2.05) is 24.3 Å². The summed E-state index contributed by atoms with van der Waals surface area (Å²) in [5, 5.41) is 24.3. The molecular weight excluding hydrogens is 528 g/mol. The first-order valence-corrected chi connectivity index (χ1v) is 11.6. The molecule has 9 nitrogen and oxygen atoms in total. The van der Waals surface area contributed by atoms with Gasteiger partial charge in [-0.3, -0.25) is 9.59 Å². The number of carboxylic acid groups (broad SMARTS) is 1. The highest BCUT2D eigenvalue weighted by molar-refractivity contribution is 9.10. The number of phenols is 1. The topological polar surface area (TPSA) is 134 Å². The first-order chi connectivity index (χ1) is 17.2. The van der Waals surface area contributed by atoms with Gasteiger partial charge >= 0.3 is 5.97 Å². The van der Waals surface area contributed by atoms with E-state index in [-0.39, 0.29) is 29.5 Å². The number of amides is 2. The molecule has 4 rings (SSSR count). The molecule has 182 valence electrons. The largest absolute Gasteiger partial charge is 0.508 e. The van der Waals surface area contributed by atoms with E-state index in [1.54, 1.807) is 29.8 Å². The Morgan fingerprint density at radius 3 is 2.50 bits per heavy atom. The molecule has 0 unspecified atom stereocenters. The first-order valence-electron chi connectivity index (χ1n) is 10.8. The molecule has 0 saturated carbocycles. The minimum Gasteiger partial charge on any atom is -0.508 e.